The SMILES string of the molecule is Nc1cc(S(=O)(=O)Nc2nccs2)ccc1O. The van der Waals surface area contributed by atoms with Gasteiger partial charge < -0.3 is 10.8 Å². The third-order valence-corrected chi connectivity index (χ3v) is 4.12. The Morgan fingerprint density at radius 3 is 2.76 bits per heavy atom. The summed E-state index contributed by atoms with van der Waals surface area (Å²) in [6.45, 7) is 0. The van der Waals surface area contributed by atoms with Gasteiger partial charge in [0, 0.05) is 11.6 Å². The predicted molar refractivity (Wildman–Crippen MR) is 65.4 cm³/mol. The Labute approximate surface area is 102 Å². The number of hydrogen-bond donors (Lipinski definition) is 3. The third-order valence-electron chi connectivity index (χ3n) is 1.96. The maximum absolute atomic E-state index is 11.9. The zero-order valence-electron chi connectivity index (χ0n) is 8.49. The lowest BCUT2D eigenvalue weighted by molar-refractivity contribution is 0.477. The molecule has 0 aliphatic carbocycles. The van der Waals surface area contributed by atoms with Crippen LogP contribution in [-0.2, 0) is 10.0 Å². The quantitative estimate of drug-likeness (QED) is 0.575. The summed E-state index contributed by atoms with van der Waals surface area (Å²) in [7, 11) is -3.72. The average molecular weight is 271 g/mol. The fourth-order valence-corrected chi connectivity index (χ4v) is 2.97. The Morgan fingerprint density at radius 2 is 2.18 bits per heavy atom. The van der Waals surface area contributed by atoms with Crippen molar-refractivity contribution < 1.29 is 13.5 Å². The van der Waals surface area contributed by atoms with E-state index < -0.39 is 10.0 Å². The van der Waals surface area contributed by atoms with Crippen molar-refractivity contribution in [3.8, 4) is 5.75 Å². The Balaban J connectivity index is 2.35. The van der Waals surface area contributed by atoms with Gasteiger partial charge in [-0.2, -0.15) is 0 Å². The number of nitrogens with two attached hydrogens (primary N) is 1. The summed E-state index contributed by atoms with van der Waals surface area (Å²) >= 11 is 1.17. The first-order chi connectivity index (χ1) is 7.99. The van der Waals surface area contributed by atoms with Crippen molar-refractivity contribution in [2.45, 2.75) is 4.90 Å². The van der Waals surface area contributed by atoms with E-state index in [0.29, 0.717) is 0 Å². The Hall–Kier alpha value is -1.80. The van der Waals surface area contributed by atoms with Crippen LogP contribution in [0.1, 0.15) is 0 Å². The number of nitrogens with one attached hydrogen (secondary N) is 1. The van der Waals surface area contributed by atoms with Crippen molar-refractivity contribution >= 4 is 32.2 Å². The number of aromatic nitrogens is 1. The number of rotatable bonds is 3. The van der Waals surface area contributed by atoms with Gasteiger partial charge in [-0.3, -0.25) is 4.72 Å². The monoisotopic (exact) mass is 271 g/mol. The number of benzene rings is 1. The Bertz CT molecular complexity index is 623. The topological polar surface area (TPSA) is 105 Å². The molecule has 0 atom stereocenters. The summed E-state index contributed by atoms with van der Waals surface area (Å²) in [4.78, 5) is 3.79. The summed E-state index contributed by atoms with van der Waals surface area (Å²) in [6.07, 6.45) is 1.49. The molecule has 6 nitrogen and oxygen atoms in total. The van der Waals surface area contributed by atoms with Crippen molar-refractivity contribution in [1.29, 1.82) is 0 Å². The van der Waals surface area contributed by atoms with E-state index in [0.717, 1.165) is 0 Å². The fourth-order valence-electron chi connectivity index (χ4n) is 1.15. The summed E-state index contributed by atoms with van der Waals surface area (Å²) in [5, 5.41) is 11.1. The molecule has 1 aromatic carbocycles. The lowest BCUT2D eigenvalue weighted by atomic mass is 10.3. The number of hydrogen-bond acceptors (Lipinski definition) is 6. The van der Waals surface area contributed by atoms with Gasteiger partial charge in [-0.05, 0) is 18.2 Å². The molecule has 1 heterocycles. The molecule has 0 bridgehead atoms. The average Bonchev–Trinajstić information content (AvgIpc) is 2.73. The van der Waals surface area contributed by atoms with Gasteiger partial charge in [-0.15, -0.1) is 11.3 Å². The van der Waals surface area contributed by atoms with Crippen LogP contribution in [0.4, 0.5) is 10.8 Å². The highest BCUT2D eigenvalue weighted by molar-refractivity contribution is 7.93. The smallest absolute Gasteiger partial charge is 0.263 e. The minimum Gasteiger partial charge on any atom is -0.506 e. The van der Waals surface area contributed by atoms with Gasteiger partial charge >= 0.3 is 0 Å². The molecule has 0 aliphatic heterocycles. The third kappa shape index (κ3) is 2.48. The van der Waals surface area contributed by atoms with Crippen molar-refractivity contribution in [3.05, 3.63) is 29.8 Å². The van der Waals surface area contributed by atoms with Gasteiger partial charge in [0.1, 0.15) is 5.75 Å². The molecule has 1 aromatic heterocycles. The highest BCUT2D eigenvalue weighted by Gasteiger charge is 2.16. The number of nitrogens with zero attached hydrogens (tertiary/aromatic N) is 1. The van der Waals surface area contributed by atoms with E-state index in [4.69, 9.17) is 5.73 Å². The van der Waals surface area contributed by atoms with E-state index in [1.165, 1.54) is 35.7 Å². The first-order valence-corrected chi connectivity index (χ1v) is 6.86. The molecule has 0 unspecified atom stereocenters. The zero-order chi connectivity index (χ0) is 12.5. The number of anilines is 2. The molecule has 8 heteroatoms. The van der Waals surface area contributed by atoms with Crippen LogP contribution in [0, 0.1) is 0 Å². The van der Waals surface area contributed by atoms with Crippen LogP contribution >= 0.6 is 11.3 Å². The van der Waals surface area contributed by atoms with E-state index in [9.17, 15) is 13.5 Å². The minimum absolute atomic E-state index is 0.00649. The van der Waals surface area contributed by atoms with Crippen LogP contribution in [0.15, 0.2) is 34.7 Å². The van der Waals surface area contributed by atoms with Crippen LogP contribution in [0.25, 0.3) is 0 Å². The fraction of sp³-hybridized carbons (Fsp3) is 0. The Kier molecular flexibility index (Phi) is 2.90. The van der Waals surface area contributed by atoms with Gasteiger partial charge in [-0.25, -0.2) is 13.4 Å². The van der Waals surface area contributed by atoms with E-state index in [2.05, 4.69) is 9.71 Å². The molecular formula is C9H9N3O3S2. The maximum Gasteiger partial charge on any atom is 0.263 e. The lowest BCUT2D eigenvalue weighted by Gasteiger charge is -2.06. The van der Waals surface area contributed by atoms with Crippen molar-refractivity contribution in [1.82, 2.24) is 4.98 Å². The molecule has 2 rings (SSSR count). The second-order valence-electron chi connectivity index (χ2n) is 3.16. The molecule has 2 aromatic rings. The number of nitrogen functional groups attached to an aromatic ring is 1. The zero-order valence-corrected chi connectivity index (χ0v) is 10.1. The number of thiazole rings is 1. The molecule has 0 saturated heterocycles. The lowest BCUT2D eigenvalue weighted by Crippen LogP contribution is -2.12. The summed E-state index contributed by atoms with van der Waals surface area (Å²) in [5.74, 6) is -0.154. The molecule has 0 saturated carbocycles. The van der Waals surface area contributed by atoms with Gasteiger partial charge in [0.15, 0.2) is 5.13 Å². The van der Waals surface area contributed by atoms with Crippen LogP contribution in [0.2, 0.25) is 0 Å². The molecule has 90 valence electrons. The number of sulfonamides is 1. The van der Waals surface area contributed by atoms with Gasteiger partial charge in [0.05, 0.1) is 10.6 Å². The molecule has 0 amide bonds. The van der Waals surface area contributed by atoms with E-state index in [-0.39, 0.29) is 21.5 Å². The van der Waals surface area contributed by atoms with Crippen molar-refractivity contribution in [2.75, 3.05) is 10.5 Å². The van der Waals surface area contributed by atoms with Crippen LogP contribution in [-0.4, -0.2) is 18.5 Å². The van der Waals surface area contributed by atoms with E-state index in [1.54, 1.807) is 5.38 Å². The number of phenolic OH excluding ortho intramolecular Hbond substituents is 1. The second-order valence-corrected chi connectivity index (χ2v) is 5.74. The molecule has 4 N–H and O–H groups in total. The summed E-state index contributed by atoms with van der Waals surface area (Å²) in [5.41, 5.74) is 5.44. The van der Waals surface area contributed by atoms with Crippen molar-refractivity contribution in [2.24, 2.45) is 0 Å². The predicted octanol–water partition coefficient (Wildman–Crippen LogP) is 1.23. The van der Waals surface area contributed by atoms with Gasteiger partial charge in [-0.1, -0.05) is 0 Å². The molecule has 0 spiro atoms. The molecule has 17 heavy (non-hydrogen) atoms. The molecule has 0 aliphatic rings. The van der Waals surface area contributed by atoms with E-state index in [1.807, 2.05) is 0 Å². The normalized spacial score (nSPS) is 11.3. The molecule has 0 radical (unpaired) electrons. The van der Waals surface area contributed by atoms with Crippen LogP contribution in [0.5, 0.6) is 5.75 Å². The van der Waals surface area contributed by atoms with Crippen molar-refractivity contribution in [3.63, 3.8) is 0 Å². The van der Waals surface area contributed by atoms with Crippen LogP contribution < -0.4 is 10.5 Å². The largest absolute Gasteiger partial charge is 0.506 e. The first kappa shape index (κ1) is 11.7. The minimum atomic E-state index is -3.72. The van der Waals surface area contributed by atoms with Gasteiger partial charge in [0.2, 0.25) is 0 Å². The second kappa shape index (κ2) is 4.22. The maximum atomic E-state index is 11.9. The van der Waals surface area contributed by atoms with Gasteiger partial charge in [0.25, 0.3) is 10.0 Å². The highest BCUT2D eigenvalue weighted by Crippen LogP contribution is 2.24. The standard InChI is InChI=1S/C9H9N3O3S2/c10-7-5-6(1-2-8(7)13)17(14,15)12-9-11-3-4-16-9/h1-5,13H,10H2,(H,11,12). The molecule has 0 fully saturated rings. The number of aromatic hydroxyl groups is 1. The first-order valence-electron chi connectivity index (χ1n) is 4.50. The summed E-state index contributed by atoms with van der Waals surface area (Å²) < 4.78 is 26.1. The number of phenols is 1. The molecular weight excluding hydrogens is 262 g/mol. The highest BCUT2D eigenvalue weighted by atomic mass is 32.2. The summed E-state index contributed by atoms with van der Waals surface area (Å²) in [6, 6.07) is 3.68. The van der Waals surface area contributed by atoms with E-state index >= 15 is 0 Å². The van der Waals surface area contributed by atoms with Crippen LogP contribution in [0.3, 0.4) is 0 Å². The Morgan fingerprint density at radius 1 is 1.41 bits per heavy atom.